The van der Waals surface area contributed by atoms with Gasteiger partial charge >= 0.3 is 72.4 Å². The Hall–Kier alpha value is 2.13. The topological polar surface area (TPSA) is 60.7 Å². The predicted octanol–water partition coefficient (Wildman–Crippen LogP) is -3.88. The van der Waals surface area contributed by atoms with Crippen molar-refractivity contribution in [2.45, 2.75) is 0 Å². The van der Waals surface area contributed by atoms with E-state index in [0.29, 0.717) is 0 Å². The minimum absolute atomic E-state index is 0. The molecule has 0 fully saturated rings. The molecule has 6 heteroatoms. The molecule has 3 N–H and O–H groups in total. The summed E-state index contributed by atoms with van der Waals surface area (Å²) in [5, 5.41) is 21.5. The Bertz CT molecular complexity index is 15.5. The molecule has 0 amide bonds. The van der Waals surface area contributed by atoms with Crippen molar-refractivity contribution >= 4 is 72.4 Å². The van der Waals surface area contributed by atoms with Gasteiger partial charge in [-0.05, 0) is 0 Å². The summed E-state index contributed by atoms with van der Waals surface area (Å²) >= 11 is 0. The third-order valence-corrected chi connectivity index (χ3v) is 0. The molecule has 0 aliphatic heterocycles. The predicted molar refractivity (Wildman–Crippen MR) is 29.5 cm³/mol. The van der Waals surface area contributed by atoms with E-state index in [1.54, 1.807) is 0 Å². The van der Waals surface area contributed by atoms with Crippen LogP contribution in [0.1, 0.15) is 0 Å². The van der Waals surface area contributed by atoms with Gasteiger partial charge in [-0.15, -0.1) is 0 Å². The van der Waals surface area contributed by atoms with E-state index in [4.69, 9.17) is 15.1 Å². The molecule has 3 nitrogen and oxygen atoms in total. The number of hydrogen-bond acceptors (Lipinski definition) is 3. The maximum absolute atomic E-state index is 7.17. The van der Waals surface area contributed by atoms with Gasteiger partial charge in [-0.25, -0.2) is 0 Å². The van der Waals surface area contributed by atoms with Gasteiger partial charge in [-0.1, -0.05) is 0 Å². The monoisotopic (exact) mass is 314 g/mol. The molecule has 0 aliphatic carbocycles. The fourth-order valence-electron chi connectivity index (χ4n) is 0. The van der Waals surface area contributed by atoms with Crippen LogP contribution in [0.5, 0.6) is 0 Å². The van der Waals surface area contributed by atoms with Gasteiger partial charge in [0, 0.05) is 0 Å². The molecule has 0 aromatic carbocycles. The van der Waals surface area contributed by atoms with Gasteiger partial charge < -0.3 is 15.1 Å². The van der Waals surface area contributed by atoms with Crippen molar-refractivity contribution < 1.29 is 15.1 Å². The molecule has 0 aromatic heterocycles. The second-order valence-corrected chi connectivity index (χ2v) is 0.346. The molecule has 6 heavy (non-hydrogen) atoms. The van der Waals surface area contributed by atoms with E-state index in [2.05, 4.69) is 0 Å². The van der Waals surface area contributed by atoms with Crippen LogP contribution < -0.4 is 0 Å². The standard InChI is InChI=1S/BH3O3.Ca.Pb.4H/c2-1(3)4;;;;;;/h2-4H;;;;;;. The number of rotatable bonds is 0. The number of hydrogen-bond donors (Lipinski definition) is 3. The molecule has 0 unspecified atom stereocenters. The maximum atomic E-state index is 7.17. The molecule has 0 atom stereocenters. The Morgan fingerprint density at radius 2 is 1.00 bits per heavy atom. The second-order valence-electron chi connectivity index (χ2n) is 0.346. The van der Waals surface area contributed by atoms with Crippen LogP contribution in [0.15, 0.2) is 0 Å². The van der Waals surface area contributed by atoms with Crippen LogP contribution in [0.3, 0.4) is 0 Å². The molecule has 0 rings (SSSR count). The summed E-state index contributed by atoms with van der Waals surface area (Å²) in [4.78, 5) is 0. The Kier molecular flexibility index (Phi) is 26.6. The molecular formula is H7BCaO3Pb. The Morgan fingerprint density at radius 3 is 1.00 bits per heavy atom. The van der Waals surface area contributed by atoms with Crippen LogP contribution in [0.4, 0.5) is 0 Å². The zero-order chi connectivity index (χ0) is 3.58. The van der Waals surface area contributed by atoms with E-state index < -0.39 is 7.32 Å². The first-order valence-corrected chi connectivity index (χ1v) is 0.775. The van der Waals surface area contributed by atoms with E-state index in [0.717, 1.165) is 0 Å². The fourth-order valence-corrected chi connectivity index (χ4v) is 0. The first kappa shape index (κ1) is 15.7. The summed E-state index contributed by atoms with van der Waals surface area (Å²) < 4.78 is 0. The van der Waals surface area contributed by atoms with Crippen molar-refractivity contribution in [2.75, 3.05) is 0 Å². The molecule has 0 aliphatic rings. The van der Waals surface area contributed by atoms with Crippen LogP contribution >= 0.6 is 0 Å². The van der Waals surface area contributed by atoms with Crippen LogP contribution in [0.25, 0.3) is 0 Å². The van der Waals surface area contributed by atoms with Crippen molar-refractivity contribution in [3.05, 3.63) is 0 Å². The van der Waals surface area contributed by atoms with Crippen LogP contribution in [-0.2, 0) is 0 Å². The first-order valence-electron chi connectivity index (χ1n) is 0.775. The first-order chi connectivity index (χ1) is 1.73. The van der Waals surface area contributed by atoms with E-state index in [-0.39, 0.29) is 65.0 Å². The van der Waals surface area contributed by atoms with Crippen LogP contribution in [0, 0.1) is 0 Å². The Balaban J connectivity index is -0.0000000450. The van der Waals surface area contributed by atoms with E-state index in [9.17, 15) is 0 Å². The average Bonchev–Trinajstić information content (AvgIpc) is 0.811. The van der Waals surface area contributed by atoms with E-state index in [1.165, 1.54) is 0 Å². The molecule has 2 radical (unpaired) electrons. The molecule has 0 saturated carbocycles. The van der Waals surface area contributed by atoms with Gasteiger partial charge in [0.15, 0.2) is 0 Å². The van der Waals surface area contributed by atoms with Gasteiger partial charge in [-0.2, -0.15) is 0 Å². The van der Waals surface area contributed by atoms with Gasteiger partial charge in [0.25, 0.3) is 0 Å². The quantitative estimate of drug-likeness (QED) is 0.401. The summed E-state index contributed by atoms with van der Waals surface area (Å²) in [6.45, 7) is 0. The van der Waals surface area contributed by atoms with Crippen LogP contribution in [0.2, 0.25) is 0 Å². The van der Waals surface area contributed by atoms with Gasteiger partial charge in [0.2, 0.25) is 0 Å². The average molecular weight is 313 g/mol. The molecule has 0 saturated heterocycles. The summed E-state index contributed by atoms with van der Waals surface area (Å²) in [5.41, 5.74) is 0. The van der Waals surface area contributed by atoms with Crippen molar-refractivity contribution in [2.24, 2.45) is 0 Å². The molecule has 0 aromatic rings. The zero-order valence-electron chi connectivity index (χ0n) is 2.63. The third-order valence-electron chi connectivity index (χ3n) is 0. The molecule has 34 valence electrons. The molecule has 0 heterocycles. The Morgan fingerprint density at radius 1 is 1.00 bits per heavy atom. The normalized spacial score (nSPS) is 4.50. The fraction of sp³-hybridized carbons (Fsp3) is 0. The van der Waals surface area contributed by atoms with Gasteiger partial charge in [0.1, 0.15) is 0 Å². The van der Waals surface area contributed by atoms with E-state index in [1.807, 2.05) is 0 Å². The van der Waals surface area contributed by atoms with Crippen molar-refractivity contribution in [3.63, 3.8) is 0 Å². The van der Waals surface area contributed by atoms with Gasteiger partial charge in [-0.3, -0.25) is 0 Å². The minimum atomic E-state index is -2.17. The molecular weight excluding hydrogens is 306 g/mol. The Labute approximate surface area is 86.1 Å². The summed E-state index contributed by atoms with van der Waals surface area (Å²) in [7, 11) is -2.17. The summed E-state index contributed by atoms with van der Waals surface area (Å²) in [5.74, 6) is 0. The van der Waals surface area contributed by atoms with Crippen molar-refractivity contribution in [3.8, 4) is 0 Å². The van der Waals surface area contributed by atoms with Crippen molar-refractivity contribution in [1.29, 1.82) is 0 Å². The molecule has 0 spiro atoms. The third kappa shape index (κ3) is 35.6. The zero-order valence-corrected chi connectivity index (χ0v) is 8.12. The van der Waals surface area contributed by atoms with Crippen LogP contribution in [-0.4, -0.2) is 87.4 Å². The SMILES string of the molecule is OB(O)O.[CaH2].[PbH2]. The van der Waals surface area contributed by atoms with Crippen molar-refractivity contribution in [1.82, 2.24) is 0 Å². The molecule has 0 bridgehead atoms. The second kappa shape index (κ2) is 10.2. The summed E-state index contributed by atoms with van der Waals surface area (Å²) in [6, 6.07) is 0. The summed E-state index contributed by atoms with van der Waals surface area (Å²) in [6.07, 6.45) is 0. The van der Waals surface area contributed by atoms with Gasteiger partial charge in [0.05, 0.1) is 0 Å². The van der Waals surface area contributed by atoms with E-state index >= 15 is 0 Å².